The summed E-state index contributed by atoms with van der Waals surface area (Å²) in [5.74, 6) is -0.681. The molecule has 0 aliphatic rings. The fraction of sp³-hybridized carbons (Fsp3) is 0.0476. The molecule has 0 atom stereocenters. The molecule has 5 nitrogen and oxygen atoms in total. The molecule has 0 spiro atoms. The molecular weight excluding hydrogens is 375 g/mol. The van der Waals surface area contributed by atoms with Crippen molar-refractivity contribution in [3.8, 4) is 11.3 Å². The second kappa shape index (κ2) is 7.66. The molecule has 0 bridgehead atoms. The van der Waals surface area contributed by atoms with Crippen molar-refractivity contribution in [3.63, 3.8) is 0 Å². The number of benzene rings is 2. The van der Waals surface area contributed by atoms with Gasteiger partial charge in [0.1, 0.15) is 5.82 Å². The Balaban J connectivity index is 1.69. The number of rotatable bonds is 4. The number of para-hydroxylation sites is 1. The molecule has 138 valence electrons. The fourth-order valence-corrected chi connectivity index (χ4v) is 3.35. The highest BCUT2D eigenvalue weighted by Crippen LogP contribution is 2.25. The molecule has 2 heterocycles. The topological polar surface area (TPSA) is 67.2 Å². The van der Waals surface area contributed by atoms with E-state index in [0.717, 1.165) is 10.6 Å². The summed E-state index contributed by atoms with van der Waals surface area (Å²) in [4.78, 5) is 21.6. The molecule has 0 aliphatic heterocycles. The van der Waals surface area contributed by atoms with E-state index >= 15 is 0 Å². The molecule has 2 aromatic heterocycles. The molecule has 0 saturated carbocycles. The van der Waals surface area contributed by atoms with Gasteiger partial charge < -0.3 is 0 Å². The van der Waals surface area contributed by atoms with Gasteiger partial charge in [0.2, 0.25) is 0 Å². The lowest BCUT2D eigenvalue weighted by atomic mass is 10.0. The Bertz CT molecular complexity index is 1180. The Hall–Kier alpha value is -3.45. The van der Waals surface area contributed by atoms with Crippen LogP contribution in [-0.2, 0) is 0 Å². The van der Waals surface area contributed by atoms with Crippen LogP contribution in [0.1, 0.15) is 21.1 Å². The number of aromatic nitrogens is 2. The number of fused-ring (bicyclic) bond motifs is 1. The van der Waals surface area contributed by atoms with Gasteiger partial charge in [-0.25, -0.2) is 19.8 Å². The van der Waals surface area contributed by atoms with Crippen molar-refractivity contribution < 1.29 is 9.18 Å². The highest BCUT2D eigenvalue weighted by atomic mass is 32.1. The normalized spacial score (nSPS) is 11.2. The number of nitrogens with zero attached hydrogens (tertiary/aromatic N) is 3. The number of aryl methyl sites for hydroxylation is 1. The number of hydrogen-bond donors (Lipinski definition) is 1. The molecular formula is C21H15FN4OS. The van der Waals surface area contributed by atoms with E-state index in [9.17, 15) is 9.18 Å². The van der Waals surface area contributed by atoms with Crippen LogP contribution < -0.4 is 5.43 Å². The van der Waals surface area contributed by atoms with Crippen LogP contribution in [0.3, 0.4) is 0 Å². The minimum Gasteiger partial charge on any atom is -0.267 e. The van der Waals surface area contributed by atoms with Crippen LogP contribution in [0.5, 0.6) is 0 Å². The van der Waals surface area contributed by atoms with E-state index in [1.165, 1.54) is 29.7 Å². The first kappa shape index (κ1) is 17.9. The summed E-state index contributed by atoms with van der Waals surface area (Å²) in [6, 6.07) is 15.1. The largest absolute Gasteiger partial charge is 0.272 e. The van der Waals surface area contributed by atoms with E-state index in [4.69, 9.17) is 0 Å². The lowest BCUT2D eigenvalue weighted by Gasteiger charge is -2.09. The predicted molar refractivity (Wildman–Crippen MR) is 109 cm³/mol. The number of amides is 1. The monoisotopic (exact) mass is 390 g/mol. The fourth-order valence-electron chi connectivity index (χ4n) is 2.79. The minimum absolute atomic E-state index is 0.325. The Kier molecular flexibility index (Phi) is 4.90. The summed E-state index contributed by atoms with van der Waals surface area (Å²) >= 11 is 1.51. The molecule has 0 radical (unpaired) electrons. The number of halogens is 1. The summed E-state index contributed by atoms with van der Waals surface area (Å²) in [7, 11) is 0. The molecule has 4 aromatic rings. The van der Waals surface area contributed by atoms with Crippen molar-refractivity contribution in [2.45, 2.75) is 6.92 Å². The van der Waals surface area contributed by atoms with Gasteiger partial charge in [-0.05, 0) is 43.3 Å². The summed E-state index contributed by atoms with van der Waals surface area (Å²) in [5.41, 5.74) is 5.66. The average molecular weight is 390 g/mol. The predicted octanol–water partition coefficient (Wildman–Crippen LogP) is 4.57. The standard InChI is InChI=1S/C21H15FN4OS/c1-13-24-16(12-28-13)11-23-26-21(27)18-10-20(14-6-8-15(22)9-7-14)25-19-5-3-2-4-17(18)19/h2-12H,1H3,(H,26,27)/b23-11-. The molecule has 0 aliphatic carbocycles. The average Bonchev–Trinajstić information content (AvgIpc) is 3.12. The van der Waals surface area contributed by atoms with Crippen LogP contribution >= 0.6 is 11.3 Å². The van der Waals surface area contributed by atoms with Crippen molar-refractivity contribution in [2.75, 3.05) is 0 Å². The zero-order valence-corrected chi connectivity index (χ0v) is 15.7. The van der Waals surface area contributed by atoms with E-state index in [1.807, 2.05) is 36.6 Å². The van der Waals surface area contributed by atoms with Crippen molar-refractivity contribution in [2.24, 2.45) is 5.10 Å². The maximum Gasteiger partial charge on any atom is 0.272 e. The summed E-state index contributed by atoms with van der Waals surface area (Å²) < 4.78 is 13.2. The smallest absolute Gasteiger partial charge is 0.267 e. The second-order valence-electron chi connectivity index (χ2n) is 6.07. The summed E-state index contributed by atoms with van der Waals surface area (Å²) in [6.07, 6.45) is 1.51. The molecule has 2 aromatic carbocycles. The Morgan fingerprint density at radius 2 is 1.93 bits per heavy atom. The Morgan fingerprint density at radius 1 is 1.14 bits per heavy atom. The maximum atomic E-state index is 13.2. The van der Waals surface area contributed by atoms with Crippen LogP contribution in [0.2, 0.25) is 0 Å². The van der Waals surface area contributed by atoms with Gasteiger partial charge in [0.05, 0.1) is 33.7 Å². The van der Waals surface area contributed by atoms with E-state index in [1.54, 1.807) is 18.2 Å². The molecule has 0 saturated heterocycles. The van der Waals surface area contributed by atoms with Crippen LogP contribution in [0.4, 0.5) is 4.39 Å². The van der Waals surface area contributed by atoms with Crippen molar-refractivity contribution in [1.82, 2.24) is 15.4 Å². The van der Waals surface area contributed by atoms with Crippen LogP contribution in [0, 0.1) is 12.7 Å². The zero-order chi connectivity index (χ0) is 19.5. The maximum absolute atomic E-state index is 13.2. The number of hydrazone groups is 1. The molecule has 7 heteroatoms. The van der Waals surface area contributed by atoms with Gasteiger partial charge in [-0.15, -0.1) is 11.3 Å². The number of hydrogen-bond acceptors (Lipinski definition) is 5. The molecule has 1 N–H and O–H groups in total. The third kappa shape index (κ3) is 3.79. The number of nitrogens with one attached hydrogen (secondary N) is 1. The summed E-state index contributed by atoms with van der Waals surface area (Å²) in [5, 5.41) is 7.50. The third-order valence-corrected chi connectivity index (χ3v) is 4.89. The van der Waals surface area contributed by atoms with Crippen LogP contribution in [-0.4, -0.2) is 22.1 Å². The Labute approximate surface area is 164 Å². The van der Waals surface area contributed by atoms with E-state index in [-0.39, 0.29) is 11.7 Å². The lowest BCUT2D eigenvalue weighted by Crippen LogP contribution is -2.18. The van der Waals surface area contributed by atoms with Crippen LogP contribution in [0.15, 0.2) is 65.1 Å². The van der Waals surface area contributed by atoms with Gasteiger partial charge in [0, 0.05) is 16.3 Å². The van der Waals surface area contributed by atoms with Crippen molar-refractivity contribution in [1.29, 1.82) is 0 Å². The van der Waals surface area contributed by atoms with E-state index in [0.29, 0.717) is 27.9 Å². The lowest BCUT2D eigenvalue weighted by molar-refractivity contribution is 0.0956. The minimum atomic E-state index is -0.356. The van der Waals surface area contributed by atoms with Gasteiger partial charge in [-0.1, -0.05) is 18.2 Å². The van der Waals surface area contributed by atoms with E-state index < -0.39 is 0 Å². The molecule has 0 unspecified atom stereocenters. The highest BCUT2D eigenvalue weighted by molar-refractivity contribution is 7.09. The van der Waals surface area contributed by atoms with Gasteiger partial charge in [-0.2, -0.15) is 5.10 Å². The number of pyridine rings is 1. The van der Waals surface area contributed by atoms with Gasteiger partial charge in [-0.3, -0.25) is 4.79 Å². The van der Waals surface area contributed by atoms with Gasteiger partial charge in [0.25, 0.3) is 5.91 Å². The van der Waals surface area contributed by atoms with Crippen molar-refractivity contribution in [3.05, 3.63) is 82.1 Å². The van der Waals surface area contributed by atoms with Crippen LogP contribution in [0.25, 0.3) is 22.2 Å². The van der Waals surface area contributed by atoms with Crippen molar-refractivity contribution >= 4 is 34.4 Å². The SMILES string of the molecule is Cc1nc(/C=N\NC(=O)c2cc(-c3ccc(F)cc3)nc3ccccc23)cs1. The number of thiazole rings is 1. The molecule has 0 fully saturated rings. The van der Waals surface area contributed by atoms with E-state index in [2.05, 4.69) is 20.5 Å². The summed E-state index contributed by atoms with van der Waals surface area (Å²) in [6.45, 7) is 1.90. The second-order valence-corrected chi connectivity index (χ2v) is 7.13. The Morgan fingerprint density at radius 3 is 2.68 bits per heavy atom. The molecule has 1 amide bonds. The third-order valence-electron chi connectivity index (χ3n) is 4.10. The highest BCUT2D eigenvalue weighted by Gasteiger charge is 2.13. The first-order chi connectivity index (χ1) is 13.6. The molecule has 4 rings (SSSR count). The number of carbonyl (C=O) groups is 1. The first-order valence-corrected chi connectivity index (χ1v) is 9.39. The van der Waals surface area contributed by atoms with Gasteiger partial charge >= 0.3 is 0 Å². The first-order valence-electron chi connectivity index (χ1n) is 8.51. The molecule has 28 heavy (non-hydrogen) atoms. The zero-order valence-electron chi connectivity index (χ0n) is 14.9. The van der Waals surface area contributed by atoms with Gasteiger partial charge in [0.15, 0.2) is 0 Å². The quantitative estimate of drug-likeness (QED) is 0.410. The number of carbonyl (C=O) groups excluding carboxylic acids is 1.